The molecule has 0 radical (unpaired) electrons. The summed E-state index contributed by atoms with van der Waals surface area (Å²) in [5.41, 5.74) is -1.04. The lowest BCUT2D eigenvalue weighted by molar-refractivity contribution is -0.137. The van der Waals surface area contributed by atoms with Crippen LogP contribution in [0.15, 0.2) is 53.3 Å². The van der Waals surface area contributed by atoms with Crippen LogP contribution < -0.4 is 10.9 Å². The first kappa shape index (κ1) is 50.4. The zero-order valence-electron chi connectivity index (χ0n) is 34.6. The smallest absolute Gasteiger partial charge is 0.432 e. The van der Waals surface area contributed by atoms with E-state index in [1.165, 1.54) is 24.3 Å². The van der Waals surface area contributed by atoms with Gasteiger partial charge in [0.05, 0.1) is 143 Å². The predicted molar refractivity (Wildman–Crippen MR) is 216 cm³/mol. The predicted octanol–water partition coefficient (Wildman–Crippen LogP) is 3.48. The minimum absolute atomic E-state index is 0.00244. The van der Waals surface area contributed by atoms with Crippen LogP contribution in [0.2, 0.25) is 0 Å². The molecule has 3 N–H and O–H groups in total. The van der Waals surface area contributed by atoms with Gasteiger partial charge >= 0.3 is 12.3 Å². The summed E-state index contributed by atoms with van der Waals surface area (Å²) in [5.74, 6) is -0.951. The van der Waals surface area contributed by atoms with Gasteiger partial charge in [-0.1, -0.05) is 30.3 Å². The first-order valence-electron chi connectivity index (χ1n) is 20.4. The highest BCUT2D eigenvalue weighted by Crippen LogP contribution is 2.37. The number of amides is 1. The maximum Gasteiger partial charge on any atom is 0.508 e. The van der Waals surface area contributed by atoms with Crippen LogP contribution in [-0.4, -0.2) is 167 Å². The summed E-state index contributed by atoms with van der Waals surface area (Å²) >= 11 is 0. The fourth-order valence-electron chi connectivity index (χ4n) is 6.07. The number of aliphatic hydroxyl groups is 1. The molecule has 1 aliphatic heterocycles. The highest BCUT2D eigenvalue weighted by molar-refractivity contribution is 5.90. The Bertz CT molecular complexity index is 1800. The number of carbonyl (C=O) groups is 2. The normalized spacial score (nSPS) is 15.3. The fourth-order valence-corrected chi connectivity index (χ4v) is 6.07. The number of halogens is 3. The monoisotopic (exact) mass is 886 g/mol. The van der Waals surface area contributed by atoms with Crippen LogP contribution in [0.3, 0.4) is 0 Å². The molecule has 0 saturated carbocycles. The van der Waals surface area contributed by atoms with Gasteiger partial charge in [-0.15, -0.1) is 0 Å². The molecule has 346 valence electrons. The zero-order chi connectivity index (χ0) is 44.3. The Kier molecular flexibility index (Phi) is 23.8. The summed E-state index contributed by atoms with van der Waals surface area (Å²) in [6.45, 7) is 7.04. The van der Waals surface area contributed by atoms with Crippen LogP contribution in [0, 0.1) is 0 Å². The Morgan fingerprint density at radius 3 is 1.61 bits per heavy atom. The topological polar surface area (TPSA) is 201 Å². The Morgan fingerprint density at radius 1 is 0.629 bits per heavy atom. The number of aromatic amines is 1. The first-order valence-corrected chi connectivity index (χ1v) is 20.4. The van der Waals surface area contributed by atoms with Crippen LogP contribution in [0.25, 0.3) is 22.0 Å². The molecule has 20 heteroatoms. The van der Waals surface area contributed by atoms with Gasteiger partial charge in [0, 0.05) is 16.6 Å². The molecule has 2 aromatic carbocycles. The molecular formula is C42H57F3N2O15. The van der Waals surface area contributed by atoms with E-state index in [4.69, 9.17) is 57.2 Å². The molecule has 3 aromatic rings. The van der Waals surface area contributed by atoms with Crippen molar-refractivity contribution in [3.63, 3.8) is 0 Å². The van der Waals surface area contributed by atoms with E-state index in [1.54, 1.807) is 18.2 Å². The summed E-state index contributed by atoms with van der Waals surface area (Å²) in [5, 5.41) is 12.0. The number of fused-ring (bicyclic) bond motifs is 1. The molecular weight excluding hydrogens is 829 g/mol. The number of rotatable bonds is 33. The number of hydrogen-bond acceptors (Lipinski definition) is 15. The molecule has 1 unspecified atom stereocenters. The van der Waals surface area contributed by atoms with E-state index in [0.29, 0.717) is 117 Å². The lowest BCUT2D eigenvalue weighted by Crippen LogP contribution is -2.31. The van der Waals surface area contributed by atoms with Gasteiger partial charge in [-0.3, -0.25) is 9.59 Å². The second-order valence-electron chi connectivity index (χ2n) is 13.5. The number of ether oxygens (including phenoxy) is 11. The Morgan fingerprint density at radius 2 is 1.11 bits per heavy atom. The Balaban J connectivity index is 0.930. The fraction of sp³-hybridized carbons (Fsp3) is 0.595. The van der Waals surface area contributed by atoms with E-state index < -0.39 is 35.4 Å². The number of carbonyl (C=O) groups excluding carboxylic acids is 2. The number of benzene rings is 2. The number of hydrogen-bond donors (Lipinski definition) is 3. The highest BCUT2D eigenvalue weighted by atomic mass is 19.4. The van der Waals surface area contributed by atoms with Crippen molar-refractivity contribution in [3.05, 3.63) is 70.0 Å². The van der Waals surface area contributed by atoms with Crippen molar-refractivity contribution in [1.82, 2.24) is 10.3 Å². The van der Waals surface area contributed by atoms with Crippen LogP contribution in [0.1, 0.15) is 23.5 Å². The molecule has 2 heterocycles. The van der Waals surface area contributed by atoms with Gasteiger partial charge in [-0.25, -0.2) is 4.79 Å². The average Bonchev–Trinajstić information content (AvgIpc) is 3.64. The second-order valence-corrected chi connectivity index (χ2v) is 13.5. The maximum absolute atomic E-state index is 13.6. The molecule has 17 nitrogen and oxygen atoms in total. The van der Waals surface area contributed by atoms with Crippen molar-refractivity contribution in [1.29, 1.82) is 0 Å². The van der Waals surface area contributed by atoms with Gasteiger partial charge in [-0.2, -0.15) is 13.2 Å². The molecule has 1 aromatic heterocycles. The minimum Gasteiger partial charge on any atom is -0.432 e. The second kappa shape index (κ2) is 29.2. The standard InChI is InChI=1S/C42H57F3N2O15/c43-42(44,45)37-4-2-1-3-34(37)38-28-32-6-5-31(27-35(32)40(50)47-38)36-29-33(46-39(36)49)30-62-41(51)61-26-25-60-24-23-59-22-21-58-20-19-57-18-17-56-16-15-55-14-13-54-12-11-53-10-9-52-8-7-48/h1-6,27-28,33,36,48H,7-26,29-30H2,(H,46,49)(H,47,50)/t33?,36-/m0/s1. The summed E-state index contributed by atoms with van der Waals surface area (Å²) in [4.78, 5) is 40.4. The highest BCUT2D eigenvalue weighted by Gasteiger charge is 2.35. The largest absolute Gasteiger partial charge is 0.508 e. The number of nitrogens with one attached hydrogen (secondary N) is 2. The number of pyridine rings is 1. The summed E-state index contributed by atoms with van der Waals surface area (Å²) in [7, 11) is 0. The molecule has 4 rings (SSSR count). The number of aromatic nitrogens is 1. The molecule has 1 saturated heterocycles. The van der Waals surface area contributed by atoms with Crippen molar-refractivity contribution >= 4 is 22.8 Å². The average molecular weight is 887 g/mol. The van der Waals surface area contributed by atoms with E-state index in [0.717, 1.165) is 6.07 Å². The third-order valence-corrected chi connectivity index (χ3v) is 9.04. The minimum atomic E-state index is -4.61. The molecule has 1 fully saturated rings. The molecule has 0 spiro atoms. The zero-order valence-corrected chi connectivity index (χ0v) is 34.6. The van der Waals surface area contributed by atoms with Crippen molar-refractivity contribution in [3.8, 4) is 11.3 Å². The van der Waals surface area contributed by atoms with Crippen molar-refractivity contribution in [2.45, 2.75) is 24.6 Å². The number of aliphatic hydroxyl groups excluding tert-OH is 1. The van der Waals surface area contributed by atoms with E-state index in [9.17, 15) is 27.6 Å². The molecule has 0 aliphatic carbocycles. The Labute approximate surface area is 357 Å². The maximum atomic E-state index is 13.6. The molecule has 1 amide bonds. The Hall–Kier alpha value is -4.22. The summed E-state index contributed by atoms with van der Waals surface area (Å²) in [6, 6.07) is 10.8. The van der Waals surface area contributed by atoms with Gasteiger partial charge in [0.15, 0.2) is 0 Å². The van der Waals surface area contributed by atoms with Crippen LogP contribution in [0.5, 0.6) is 0 Å². The van der Waals surface area contributed by atoms with E-state index in [1.807, 2.05) is 0 Å². The van der Waals surface area contributed by atoms with Gasteiger partial charge < -0.3 is 67.5 Å². The summed E-state index contributed by atoms with van der Waals surface area (Å²) < 4.78 is 99.4. The third-order valence-electron chi connectivity index (χ3n) is 9.04. The third kappa shape index (κ3) is 19.0. The van der Waals surface area contributed by atoms with Crippen LogP contribution >= 0.6 is 0 Å². The van der Waals surface area contributed by atoms with Gasteiger partial charge in [0.2, 0.25) is 5.91 Å². The SMILES string of the molecule is O=C(OCCOCCOCCOCCOCCOCCOCCOCCOCCOCCO)OCC1C[C@@H](c2ccc3cc(-c4ccccc4C(F)(F)F)[nH]c(=O)c3c2)C(=O)N1. The number of alkyl halides is 3. The van der Waals surface area contributed by atoms with Gasteiger partial charge in [0.25, 0.3) is 5.56 Å². The van der Waals surface area contributed by atoms with Gasteiger partial charge in [0.1, 0.15) is 13.2 Å². The van der Waals surface area contributed by atoms with Gasteiger partial charge in [-0.05, 0) is 35.6 Å². The summed E-state index contributed by atoms with van der Waals surface area (Å²) in [6.07, 6.45) is -5.24. The molecule has 2 atom stereocenters. The molecule has 1 aliphatic rings. The van der Waals surface area contributed by atoms with Crippen LogP contribution in [0.4, 0.5) is 18.0 Å². The van der Waals surface area contributed by atoms with Crippen molar-refractivity contribution in [2.75, 3.05) is 139 Å². The van der Waals surface area contributed by atoms with Crippen molar-refractivity contribution in [2.24, 2.45) is 0 Å². The quantitative estimate of drug-likeness (QED) is 0.0593. The molecule has 0 bridgehead atoms. The van der Waals surface area contributed by atoms with E-state index in [-0.39, 0.29) is 62.0 Å². The van der Waals surface area contributed by atoms with E-state index in [2.05, 4.69) is 10.3 Å². The van der Waals surface area contributed by atoms with E-state index >= 15 is 0 Å². The van der Waals surface area contributed by atoms with Crippen LogP contribution in [-0.2, 0) is 63.1 Å². The molecule has 62 heavy (non-hydrogen) atoms. The first-order chi connectivity index (χ1) is 30.2. The lowest BCUT2D eigenvalue weighted by atomic mass is 9.93. The number of H-pyrrole nitrogens is 1. The lowest BCUT2D eigenvalue weighted by Gasteiger charge is -2.14. The van der Waals surface area contributed by atoms with Crippen molar-refractivity contribution < 1.29 is 80.0 Å².